The van der Waals surface area contributed by atoms with Gasteiger partial charge in [-0.25, -0.2) is 0 Å². The molecule has 0 aromatic heterocycles. The van der Waals surface area contributed by atoms with E-state index in [4.69, 9.17) is 14.7 Å². The van der Waals surface area contributed by atoms with Crippen molar-refractivity contribution >= 4 is 23.0 Å². The van der Waals surface area contributed by atoms with E-state index in [0.29, 0.717) is 23.5 Å². The summed E-state index contributed by atoms with van der Waals surface area (Å²) < 4.78 is 12.0. The highest BCUT2D eigenvalue weighted by Gasteiger charge is 2.42. The average molecular weight is 437 g/mol. The molecule has 0 fully saturated rings. The molecule has 0 N–H and O–H groups in total. The molecule has 0 aliphatic carbocycles. The van der Waals surface area contributed by atoms with E-state index in [1.165, 1.54) is 0 Å². The fourth-order valence-corrected chi connectivity index (χ4v) is 4.11. The Morgan fingerprint density at radius 3 is 2.55 bits per heavy atom. The van der Waals surface area contributed by atoms with Crippen LogP contribution in [0.5, 0.6) is 5.75 Å². The normalized spacial score (nSPS) is 20.4. The van der Waals surface area contributed by atoms with Gasteiger partial charge in [0.2, 0.25) is 5.78 Å². The first-order valence-electron chi connectivity index (χ1n) is 10.9. The zero-order valence-electron chi connectivity index (χ0n) is 18.5. The summed E-state index contributed by atoms with van der Waals surface area (Å²) in [5.41, 5.74) is 1.68. The number of hydrogen-bond donors (Lipinski definition) is 0. The summed E-state index contributed by atoms with van der Waals surface area (Å²) >= 11 is 0. The molecule has 3 aliphatic rings. The summed E-state index contributed by atoms with van der Waals surface area (Å²) in [5, 5.41) is 9.07. The Labute approximate surface area is 192 Å². The Bertz CT molecular complexity index is 1260. The van der Waals surface area contributed by atoms with Crippen LogP contribution < -0.4 is 4.74 Å². The second-order valence-corrected chi connectivity index (χ2v) is 8.66. The molecular formula is C27H23N3O3. The number of fused-ring (bicyclic) bond motifs is 1. The summed E-state index contributed by atoms with van der Waals surface area (Å²) in [6.45, 7) is 4.82. The number of ether oxygens (including phenoxy) is 2. The highest BCUT2D eigenvalue weighted by molar-refractivity contribution is 6.32. The molecule has 0 amide bonds. The van der Waals surface area contributed by atoms with Crippen LogP contribution in [0.2, 0.25) is 0 Å². The third-order valence-corrected chi connectivity index (χ3v) is 5.86. The van der Waals surface area contributed by atoms with Gasteiger partial charge in [-0.3, -0.25) is 9.79 Å². The number of aliphatic imine (C=N–C) groups is 1. The number of ketones is 1. The number of amidine groups is 1. The number of allylic oxidation sites excluding steroid dienone is 2. The van der Waals surface area contributed by atoms with Gasteiger partial charge in [-0.15, -0.1) is 0 Å². The van der Waals surface area contributed by atoms with E-state index in [0.717, 1.165) is 29.3 Å². The third kappa shape index (κ3) is 3.94. The molecule has 1 unspecified atom stereocenters. The molecule has 0 saturated carbocycles. The van der Waals surface area contributed by atoms with Crippen LogP contribution in [-0.2, 0) is 9.53 Å². The maximum atomic E-state index is 13.1. The molecule has 0 radical (unpaired) electrons. The van der Waals surface area contributed by atoms with Crippen molar-refractivity contribution in [1.29, 1.82) is 5.26 Å². The van der Waals surface area contributed by atoms with Crippen molar-refractivity contribution in [2.75, 3.05) is 13.2 Å². The molecule has 0 bridgehead atoms. The lowest BCUT2D eigenvalue weighted by Crippen LogP contribution is -2.29. The van der Waals surface area contributed by atoms with Gasteiger partial charge < -0.3 is 14.4 Å². The molecule has 2 aromatic carbocycles. The number of Topliss-reactive ketones (excluding diaryl/α,β-unsaturated/α-hetero) is 1. The van der Waals surface area contributed by atoms with Crippen molar-refractivity contribution < 1.29 is 14.3 Å². The quantitative estimate of drug-likeness (QED) is 0.695. The number of nitrogens with zero attached hydrogens (tertiary/aromatic N) is 3. The maximum Gasteiger partial charge on any atom is 0.210 e. The minimum atomic E-state index is -0.954. The summed E-state index contributed by atoms with van der Waals surface area (Å²) in [6, 6.07) is 16.7. The highest BCUT2D eigenvalue weighted by atomic mass is 16.5. The fourth-order valence-electron chi connectivity index (χ4n) is 4.11. The topological polar surface area (TPSA) is 74.9 Å². The molecule has 0 saturated heterocycles. The smallest absolute Gasteiger partial charge is 0.210 e. The van der Waals surface area contributed by atoms with Gasteiger partial charge in [0.1, 0.15) is 30.0 Å². The van der Waals surface area contributed by atoms with Crippen LogP contribution in [0.25, 0.3) is 11.3 Å². The fraction of sp³-hybridized carbons (Fsp3) is 0.222. The van der Waals surface area contributed by atoms with Crippen LogP contribution in [0.4, 0.5) is 0 Å². The molecule has 2 aromatic rings. The van der Waals surface area contributed by atoms with Crippen LogP contribution in [0.15, 0.2) is 78.0 Å². The van der Waals surface area contributed by atoms with Crippen molar-refractivity contribution in [3.05, 3.63) is 89.6 Å². The van der Waals surface area contributed by atoms with Crippen molar-refractivity contribution in [3.8, 4) is 11.8 Å². The number of carbonyl (C=O) groups excluding carboxylic acids is 1. The van der Waals surface area contributed by atoms with E-state index in [1.807, 2.05) is 48.7 Å². The van der Waals surface area contributed by atoms with Gasteiger partial charge in [-0.1, -0.05) is 18.2 Å². The van der Waals surface area contributed by atoms with Crippen LogP contribution in [0, 0.1) is 11.3 Å². The van der Waals surface area contributed by atoms with E-state index in [-0.39, 0.29) is 11.8 Å². The van der Waals surface area contributed by atoms with E-state index in [1.54, 1.807) is 38.1 Å². The first kappa shape index (κ1) is 20.8. The van der Waals surface area contributed by atoms with Crippen LogP contribution >= 0.6 is 0 Å². The number of benzene rings is 2. The van der Waals surface area contributed by atoms with Crippen molar-refractivity contribution in [2.45, 2.75) is 25.5 Å². The van der Waals surface area contributed by atoms with Crippen molar-refractivity contribution in [2.24, 2.45) is 4.99 Å². The lowest BCUT2D eigenvalue weighted by atomic mass is 9.92. The molecular weight excluding hydrogens is 414 g/mol. The minimum absolute atomic E-state index is 0.0726. The standard InChI is InChI=1S/C27H23N3O3/c1-27(2)26(31)24(25(33-27)20-8-6-18(15-28)7-9-20)19-10-12-22(13-11-19)32-17-21-16-30-14-4-3-5-23(30)29-21/h3-14,21H,16-17H2,1-2H3. The Morgan fingerprint density at radius 2 is 1.85 bits per heavy atom. The lowest BCUT2D eigenvalue weighted by Gasteiger charge is -2.17. The predicted octanol–water partition coefficient (Wildman–Crippen LogP) is 4.35. The monoisotopic (exact) mass is 437 g/mol. The van der Waals surface area contributed by atoms with E-state index >= 15 is 0 Å². The largest absolute Gasteiger partial charge is 0.491 e. The SMILES string of the molecule is CC1(C)OC(c2ccc(C#N)cc2)=C(c2ccc(OCC3CN4C=CC=CC4=N3)cc2)C1=O. The number of rotatable bonds is 5. The van der Waals surface area contributed by atoms with Gasteiger partial charge in [0.05, 0.1) is 17.2 Å². The van der Waals surface area contributed by atoms with Crippen LogP contribution in [0.3, 0.4) is 0 Å². The Kier molecular flexibility index (Phi) is 5.10. The lowest BCUT2D eigenvalue weighted by molar-refractivity contribution is -0.125. The molecule has 164 valence electrons. The Morgan fingerprint density at radius 1 is 1.12 bits per heavy atom. The van der Waals surface area contributed by atoms with E-state index in [2.05, 4.69) is 16.0 Å². The number of hydrogen-bond acceptors (Lipinski definition) is 6. The second-order valence-electron chi connectivity index (χ2n) is 8.66. The van der Waals surface area contributed by atoms with Crippen LogP contribution in [0.1, 0.15) is 30.5 Å². The minimum Gasteiger partial charge on any atom is -0.491 e. The van der Waals surface area contributed by atoms with E-state index < -0.39 is 5.60 Å². The molecule has 5 rings (SSSR count). The Balaban J connectivity index is 1.35. The molecule has 1 atom stereocenters. The van der Waals surface area contributed by atoms with Gasteiger partial charge in [-0.05, 0) is 68.0 Å². The summed E-state index contributed by atoms with van der Waals surface area (Å²) in [7, 11) is 0. The molecule has 3 heterocycles. The molecule has 0 spiro atoms. The molecule has 6 heteroatoms. The zero-order valence-corrected chi connectivity index (χ0v) is 18.5. The number of carbonyl (C=O) groups is 1. The summed E-state index contributed by atoms with van der Waals surface area (Å²) in [4.78, 5) is 19.9. The Hall–Kier alpha value is -4.11. The predicted molar refractivity (Wildman–Crippen MR) is 126 cm³/mol. The van der Waals surface area contributed by atoms with Gasteiger partial charge in [0.15, 0.2) is 5.60 Å². The highest BCUT2D eigenvalue weighted by Crippen LogP contribution is 2.41. The first-order chi connectivity index (χ1) is 15.9. The van der Waals surface area contributed by atoms with Crippen LogP contribution in [-0.4, -0.2) is 41.3 Å². The van der Waals surface area contributed by atoms with E-state index in [9.17, 15) is 4.79 Å². The summed E-state index contributed by atoms with van der Waals surface area (Å²) in [5.74, 6) is 2.14. The van der Waals surface area contributed by atoms with Gasteiger partial charge in [0.25, 0.3) is 0 Å². The maximum absolute atomic E-state index is 13.1. The van der Waals surface area contributed by atoms with Gasteiger partial charge in [-0.2, -0.15) is 5.26 Å². The molecule has 6 nitrogen and oxygen atoms in total. The first-order valence-corrected chi connectivity index (χ1v) is 10.9. The zero-order chi connectivity index (χ0) is 23.0. The van der Waals surface area contributed by atoms with Gasteiger partial charge >= 0.3 is 0 Å². The molecule has 33 heavy (non-hydrogen) atoms. The van der Waals surface area contributed by atoms with Crippen molar-refractivity contribution in [1.82, 2.24) is 4.90 Å². The average Bonchev–Trinajstić information content (AvgIpc) is 3.36. The second kappa shape index (κ2) is 8.10. The number of nitriles is 1. The summed E-state index contributed by atoms with van der Waals surface area (Å²) in [6.07, 6.45) is 8.00. The van der Waals surface area contributed by atoms with Crippen molar-refractivity contribution in [3.63, 3.8) is 0 Å². The molecule has 3 aliphatic heterocycles. The third-order valence-electron chi connectivity index (χ3n) is 5.86. The van der Waals surface area contributed by atoms with Gasteiger partial charge in [0, 0.05) is 18.3 Å².